The lowest BCUT2D eigenvalue weighted by molar-refractivity contribution is -0.641. The molecule has 0 aromatic heterocycles. The molecule has 142 valence electrons. The molecule has 0 amide bonds. The highest BCUT2D eigenvalue weighted by Gasteiger charge is 2.58. The molecular weight excluding hydrogens is 340 g/mol. The number of allylic oxidation sites excluding steroid dienone is 1. The molecule has 1 rings (SSSR count). The van der Waals surface area contributed by atoms with E-state index in [-0.39, 0.29) is 17.7 Å². The first-order valence-electron chi connectivity index (χ1n) is 8.51. The van der Waals surface area contributed by atoms with Crippen molar-refractivity contribution in [1.82, 2.24) is 0 Å². The van der Waals surface area contributed by atoms with Crippen molar-refractivity contribution >= 4 is 5.97 Å². The van der Waals surface area contributed by atoms with Gasteiger partial charge in [-0.3, -0.25) is 20.2 Å². The number of hydrogen-bond acceptors (Lipinski definition) is 6. The average molecular weight is 364 g/mol. The van der Waals surface area contributed by atoms with Crippen LogP contribution in [-0.2, 0) is 4.79 Å². The molecule has 0 radical (unpaired) electrons. The van der Waals surface area contributed by atoms with Crippen LogP contribution in [0.15, 0.2) is 42.0 Å². The van der Waals surface area contributed by atoms with E-state index in [0.717, 1.165) is 19.8 Å². The van der Waals surface area contributed by atoms with E-state index in [0.29, 0.717) is 6.42 Å². The van der Waals surface area contributed by atoms with Crippen molar-refractivity contribution < 1.29 is 19.4 Å². The van der Waals surface area contributed by atoms with Gasteiger partial charge in [-0.1, -0.05) is 44.0 Å². The van der Waals surface area contributed by atoms with Gasteiger partial charge in [-0.05, 0) is 25.5 Å². The van der Waals surface area contributed by atoms with Gasteiger partial charge < -0.3 is 4.74 Å². The van der Waals surface area contributed by atoms with E-state index >= 15 is 0 Å². The first-order valence-corrected chi connectivity index (χ1v) is 8.51. The zero-order chi connectivity index (χ0) is 19.7. The second-order valence-electron chi connectivity index (χ2n) is 6.11. The van der Waals surface area contributed by atoms with E-state index in [4.69, 9.17) is 4.74 Å². The highest BCUT2D eigenvalue weighted by Crippen LogP contribution is 2.31. The number of para-hydroxylation sites is 1. The van der Waals surface area contributed by atoms with Gasteiger partial charge in [-0.2, -0.15) is 0 Å². The molecule has 26 heavy (non-hydrogen) atoms. The Morgan fingerprint density at radius 2 is 1.85 bits per heavy atom. The largest absolute Gasteiger partial charge is 0.423 e. The lowest BCUT2D eigenvalue weighted by atomic mass is 9.82. The molecule has 0 heterocycles. The van der Waals surface area contributed by atoms with Gasteiger partial charge in [-0.25, -0.2) is 4.79 Å². The smallest absolute Gasteiger partial charge is 0.346 e. The van der Waals surface area contributed by atoms with Gasteiger partial charge in [0, 0.05) is 23.2 Å². The molecule has 0 spiro atoms. The Balaban J connectivity index is 3.21. The second kappa shape index (κ2) is 9.65. The summed E-state index contributed by atoms with van der Waals surface area (Å²) < 4.78 is 5.19. The van der Waals surface area contributed by atoms with Crippen LogP contribution in [0, 0.1) is 20.2 Å². The standard InChI is InChI=1S/C18H24N2O6/c1-4-6-8-13-16(19(22)23)18(3,20(24)25)15(5-2)17(21)26-14-11-9-7-10-12-14/h5,7,9-12,16H,4,6,8,13H2,1-3H3. The molecule has 2 unspecified atom stereocenters. The number of nitrogens with zero attached hydrogens (tertiary/aromatic N) is 2. The summed E-state index contributed by atoms with van der Waals surface area (Å²) in [6.07, 6.45) is 3.25. The van der Waals surface area contributed by atoms with Gasteiger partial charge in [0.1, 0.15) is 11.3 Å². The maximum Gasteiger partial charge on any atom is 0.346 e. The first kappa shape index (κ1) is 21.3. The van der Waals surface area contributed by atoms with Crippen LogP contribution in [-0.4, -0.2) is 27.4 Å². The van der Waals surface area contributed by atoms with Crippen molar-refractivity contribution in [3.8, 4) is 5.75 Å². The Morgan fingerprint density at radius 1 is 1.23 bits per heavy atom. The molecule has 8 nitrogen and oxygen atoms in total. The topological polar surface area (TPSA) is 113 Å². The van der Waals surface area contributed by atoms with Gasteiger partial charge >= 0.3 is 11.5 Å². The summed E-state index contributed by atoms with van der Waals surface area (Å²) in [6, 6.07) is 6.55. The third-order valence-electron chi connectivity index (χ3n) is 4.37. The Bertz CT molecular complexity index is 674. The van der Waals surface area contributed by atoms with E-state index in [1.165, 1.54) is 25.1 Å². The summed E-state index contributed by atoms with van der Waals surface area (Å²) in [5.74, 6) is -0.744. The van der Waals surface area contributed by atoms with Gasteiger partial charge in [0.2, 0.25) is 0 Å². The molecule has 1 aromatic rings. The van der Waals surface area contributed by atoms with Crippen LogP contribution < -0.4 is 4.74 Å². The van der Waals surface area contributed by atoms with Crippen molar-refractivity contribution in [2.75, 3.05) is 0 Å². The monoisotopic (exact) mass is 364 g/mol. The maximum absolute atomic E-state index is 12.5. The van der Waals surface area contributed by atoms with Crippen molar-refractivity contribution in [2.45, 2.75) is 58.0 Å². The van der Waals surface area contributed by atoms with Crippen molar-refractivity contribution in [3.05, 3.63) is 62.2 Å². The van der Waals surface area contributed by atoms with Gasteiger partial charge in [-0.15, -0.1) is 0 Å². The van der Waals surface area contributed by atoms with Crippen LogP contribution in [0.1, 0.15) is 46.5 Å². The van der Waals surface area contributed by atoms with Gasteiger partial charge in [0.25, 0.3) is 6.04 Å². The van der Waals surface area contributed by atoms with E-state index in [9.17, 15) is 25.0 Å². The molecule has 0 bridgehead atoms. The fourth-order valence-corrected chi connectivity index (χ4v) is 2.85. The number of esters is 1. The lowest BCUT2D eigenvalue weighted by Crippen LogP contribution is -2.54. The number of carbonyl (C=O) groups excluding carboxylic acids is 1. The van der Waals surface area contributed by atoms with Crippen LogP contribution in [0.25, 0.3) is 0 Å². The number of unbranched alkanes of at least 4 members (excludes halogenated alkanes) is 2. The normalized spacial score (nSPS) is 15.0. The fourth-order valence-electron chi connectivity index (χ4n) is 2.85. The summed E-state index contributed by atoms with van der Waals surface area (Å²) in [5, 5.41) is 23.4. The molecule has 2 atom stereocenters. The summed E-state index contributed by atoms with van der Waals surface area (Å²) in [5.41, 5.74) is -2.51. The number of nitro groups is 2. The average Bonchev–Trinajstić information content (AvgIpc) is 2.59. The number of benzene rings is 1. The molecule has 0 aliphatic carbocycles. The predicted octanol–water partition coefficient (Wildman–Crippen LogP) is 3.80. The van der Waals surface area contributed by atoms with Gasteiger partial charge in [0.15, 0.2) is 0 Å². The van der Waals surface area contributed by atoms with Crippen LogP contribution in [0.5, 0.6) is 5.75 Å². The lowest BCUT2D eigenvalue weighted by Gasteiger charge is -2.25. The Hall–Kier alpha value is -2.77. The Morgan fingerprint density at radius 3 is 2.31 bits per heavy atom. The van der Waals surface area contributed by atoms with E-state index in [2.05, 4.69) is 0 Å². The van der Waals surface area contributed by atoms with Crippen LogP contribution in [0.4, 0.5) is 0 Å². The minimum atomic E-state index is -2.18. The zero-order valence-corrected chi connectivity index (χ0v) is 15.2. The zero-order valence-electron chi connectivity index (χ0n) is 15.2. The summed E-state index contributed by atoms with van der Waals surface area (Å²) in [6.45, 7) is 4.49. The minimum absolute atomic E-state index is 0.00821. The third-order valence-corrected chi connectivity index (χ3v) is 4.37. The van der Waals surface area contributed by atoms with Crippen molar-refractivity contribution in [3.63, 3.8) is 0 Å². The molecule has 0 aliphatic rings. The molecule has 1 aromatic carbocycles. The minimum Gasteiger partial charge on any atom is -0.423 e. The first-order chi connectivity index (χ1) is 12.3. The summed E-state index contributed by atoms with van der Waals surface area (Å²) in [4.78, 5) is 34.5. The van der Waals surface area contributed by atoms with Crippen LogP contribution in [0.3, 0.4) is 0 Å². The fraction of sp³-hybridized carbons (Fsp3) is 0.500. The molecule has 0 saturated heterocycles. The summed E-state index contributed by atoms with van der Waals surface area (Å²) >= 11 is 0. The van der Waals surface area contributed by atoms with E-state index in [1.54, 1.807) is 18.2 Å². The number of hydrogen-bond donors (Lipinski definition) is 0. The van der Waals surface area contributed by atoms with E-state index < -0.39 is 27.4 Å². The molecular formula is C18H24N2O6. The molecule has 0 fully saturated rings. The number of carbonyl (C=O) groups is 1. The summed E-state index contributed by atoms with van der Waals surface area (Å²) in [7, 11) is 0. The quantitative estimate of drug-likeness (QED) is 0.156. The SMILES string of the molecule is CC=C(C(=O)Oc1ccccc1)C(C)(C(CCCCC)[N+](=O)[O-])[N+](=O)[O-]. The highest BCUT2D eigenvalue weighted by molar-refractivity contribution is 5.92. The molecule has 8 heteroatoms. The molecule has 0 aliphatic heterocycles. The highest BCUT2D eigenvalue weighted by atomic mass is 16.6. The molecule has 0 saturated carbocycles. The van der Waals surface area contributed by atoms with Crippen molar-refractivity contribution in [1.29, 1.82) is 0 Å². The van der Waals surface area contributed by atoms with Crippen molar-refractivity contribution in [2.24, 2.45) is 0 Å². The predicted molar refractivity (Wildman–Crippen MR) is 96.2 cm³/mol. The molecule has 0 N–H and O–H groups in total. The Kier molecular flexibility index (Phi) is 7.89. The number of ether oxygens (including phenoxy) is 1. The number of rotatable bonds is 10. The maximum atomic E-state index is 12.5. The van der Waals surface area contributed by atoms with Crippen LogP contribution in [0.2, 0.25) is 0 Å². The van der Waals surface area contributed by atoms with Crippen LogP contribution >= 0.6 is 0 Å². The second-order valence-corrected chi connectivity index (χ2v) is 6.11. The Labute approximate surface area is 152 Å². The third kappa shape index (κ3) is 4.87. The van der Waals surface area contributed by atoms with Gasteiger partial charge in [0.05, 0.1) is 0 Å². The van der Waals surface area contributed by atoms with E-state index in [1.807, 2.05) is 6.92 Å².